The van der Waals surface area contributed by atoms with Gasteiger partial charge in [0.15, 0.2) is 11.1 Å². The van der Waals surface area contributed by atoms with Gasteiger partial charge in [-0.3, -0.25) is 19.4 Å². The number of amides is 2. The van der Waals surface area contributed by atoms with Gasteiger partial charge in [0, 0.05) is 36.4 Å². The minimum Gasteiger partial charge on any atom is -0.291 e. The SMILES string of the molecule is N#CC1(Cc2ccccc2CC2(C#N)c3ccccc3C=CN2C(=O)c2ccccc2)c2ccccc2C=CN1C(=O)c1ccccc1. The second-order valence-corrected chi connectivity index (χ2v) is 12.0. The molecule has 230 valence electrons. The van der Waals surface area contributed by atoms with E-state index in [1.165, 1.54) is 9.80 Å². The van der Waals surface area contributed by atoms with Gasteiger partial charge in [0.05, 0.1) is 12.1 Å². The standard InChI is InChI=1S/C42H30N4O2/c43-29-41(37-21-11-9-13-31(37)23-25-45(41)39(47)33-15-3-1-4-16-33)27-35-19-7-8-20-36(35)28-42(30-44)38-22-12-10-14-32(38)24-26-46(42)40(48)34-17-5-2-6-18-34/h1-26H,27-28H2. The number of carbonyl (C=O) groups excluding carboxylic acids is 2. The maximum atomic E-state index is 14.1. The molecule has 0 N–H and O–H groups in total. The van der Waals surface area contributed by atoms with Gasteiger partial charge < -0.3 is 0 Å². The first kappa shape index (κ1) is 30.2. The van der Waals surface area contributed by atoms with Crippen molar-refractivity contribution in [2.75, 3.05) is 0 Å². The molecule has 5 aromatic carbocycles. The Morgan fingerprint density at radius 3 is 1.25 bits per heavy atom. The number of fused-ring (bicyclic) bond motifs is 2. The third-order valence-corrected chi connectivity index (χ3v) is 9.30. The van der Waals surface area contributed by atoms with Crippen LogP contribution in [0.4, 0.5) is 0 Å². The summed E-state index contributed by atoms with van der Waals surface area (Å²) in [6.07, 6.45) is 7.43. The second-order valence-electron chi connectivity index (χ2n) is 12.0. The number of benzene rings is 5. The molecule has 0 saturated heterocycles. The van der Waals surface area contributed by atoms with Crippen molar-refractivity contribution in [3.63, 3.8) is 0 Å². The van der Waals surface area contributed by atoms with Crippen molar-refractivity contribution < 1.29 is 9.59 Å². The molecule has 6 nitrogen and oxygen atoms in total. The molecule has 2 amide bonds. The summed E-state index contributed by atoms with van der Waals surface area (Å²) < 4.78 is 0. The number of hydrogen-bond acceptors (Lipinski definition) is 4. The zero-order chi connectivity index (χ0) is 33.1. The van der Waals surface area contributed by atoms with Crippen molar-refractivity contribution in [1.82, 2.24) is 9.80 Å². The maximum Gasteiger partial charge on any atom is 0.259 e. The summed E-state index contributed by atoms with van der Waals surface area (Å²) in [5.74, 6) is -0.584. The minimum absolute atomic E-state index is 0.158. The zero-order valence-electron chi connectivity index (χ0n) is 26.0. The lowest BCUT2D eigenvalue weighted by Crippen LogP contribution is -2.50. The van der Waals surface area contributed by atoms with E-state index < -0.39 is 11.1 Å². The van der Waals surface area contributed by atoms with Crippen LogP contribution in [-0.2, 0) is 23.9 Å². The smallest absolute Gasteiger partial charge is 0.259 e. The Labute approximate surface area is 279 Å². The Kier molecular flexibility index (Phi) is 7.77. The van der Waals surface area contributed by atoms with E-state index in [-0.39, 0.29) is 24.7 Å². The second kappa shape index (κ2) is 12.4. The van der Waals surface area contributed by atoms with E-state index >= 15 is 0 Å². The molecule has 7 rings (SSSR count). The van der Waals surface area contributed by atoms with Crippen molar-refractivity contribution >= 4 is 24.0 Å². The molecular weight excluding hydrogens is 592 g/mol. The van der Waals surface area contributed by atoms with Crippen molar-refractivity contribution in [2.45, 2.75) is 23.9 Å². The van der Waals surface area contributed by atoms with Gasteiger partial charge in [0.25, 0.3) is 11.8 Å². The Morgan fingerprint density at radius 2 is 0.854 bits per heavy atom. The molecule has 2 aliphatic heterocycles. The fourth-order valence-electron chi connectivity index (χ4n) is 6.91. The van der Waals surface area contributed by atoms with Gasteiger partial charge in [0.1, 0.15) is 0 Å². The number of nitriles is 2. The number of carbonyl (C=O) groups is 2. The molecule has 0 aliphatic carbocycles. The van der Waals surface area contributed by atoms with Crippen LogP contribution in [-0.4, -0.2) is 21.6 Å². The Hall–Kier alpha value is -6.50. The minimum atomic E-state index is -1.39. The van der Waals surface area contributed by atoms with Gasteiger partial charge in [-0.1, -0.05) is 109 Å². The molecule has 48 heavy (non-hydrogen) atoms. The van der Waals surface area contributed by atoms with E-state index in [0.717, 1.165) is 33.4 Å². The fraction of sp³-hybridized carbons (Fsp3) is 0.0952. The largest absolute Gasteiger partial charge is 0.291 e. The van der Waals surface area contributed by atoms with E-state index in [1.807, 2.05) is 97.1 Å². The highest BCUT2D eigenvalue weighted by atomic mass is 16.2. The van der Waals surface area contributed by atoms with Crippen LogP contribution in [0.3, 0.4) is 0 Å². The maximum absolute atomic E-state index is 14.1. The molecule has 2 aliphatic rings. The lowest BCUT2D eigenvalue weighted by molar-refractivity contribution is 0.0682. The summed E-state index contributed by atoms with van der Waals surface area (Å²) in [6, 6.07) is 46.0. The van der Waals surface area contributed by atoms with Gasteiger partial charge in [-0.05, 0) is 69.8 Å². The average Bonchev–Trinajstić information content (AvgIpc) is 3.15. The van der Waals surface area contributed by atoms with E-state index in [4.69, 9.17) is 0 Å². The molecule has 5 aromatic rings. The fourth-order valence-corrected chi connectivity index (χ4v) is 6.91. The van der Waals surface area contributed by atoms with Gasteiger partial charge >= 0.3 is 0 Å². The highest BCUT2D eigenvalue weighted by Gasteiger charge is 2.47. The van der Waals surface area contributed by atoms with Crippen LogP contribution < -0.4 is 0 Å². The molecule has 0 bridgehead atoms. The zero-order valence-corrected chi connectivity index (χ0v) is 26.0. The molecule has 0 aromatic heterocycles. The van der Waals surface area contributed by atoms with Crippen LogP contribution in [0.15, 0.2) is 146 Å². The van der Waals surface area contributed by atoms with Crippen LogP contribution >= 0.6 is 0 Å². The summed E-state index contributed by atoms with van der Waals surface area (Å²) in [4.78, 5) is 31.3. The number of nitrogens with zero attached hydrogens (tertiary/aromatic N) is 4. The lowest BCUT2D eigenvalue weighted by Gasteiger charge is -2.42. The Bertz CT molecular complexity index is 2020. The normalized spacial score (nSPS) is 19.0. The molecular formula is C42H30N4O2. The highest BCUT2D eigenvalue weighted by Crippen LogP contribution is 2.43. The topological polar surface area (TPSA) is 88.2 Å². The van der Waals surface area contributed by atoms with Crippen LogP contribution in [0.25, 0.3) is 12.2 Å². The third-order valence-electron chi connectivity index (χ3n) is 9.30. The van der Waals surface area contributed by atoms with E-state index in [9.17, 15) is 20.1 Å². The molecule has 2 heterocycles. The van der Waals surface area contributed by atoms with Crippen molar-refractivity contribution in [3.05, 3.63) is 190 Å². The third kappa shape index (κ3) is 4.97. The van der Waals surface area contributed by atoms with Crippen LogP contribution in [0, 0.1) is 22.7 Å². The molecule has 0 saturated carbocycles. The summed E-state index contributed by atoms with van der Waals surface area (Å²) in [6.45, 7) is 0. The first-order chi connectivity index (χ1) is 23.5. The molecule has 2 unspecified atom stereocenters. The van der Waals surface area contributed by atoms with E-state index in [1.54, 1.807) is 60.9 Å². The van der Waals surface area contributed by atoms with Crippen LogP contribution in [0.2, 0.25) is 0 Å². The van der Waals surface area contributed by atoms with Crippen molar-refractivity contribution in [3.8, 4) is 12.1 Å². The molecule has 6 heteroatoms. The molecule has 0 spiro atoms. The highest BCUT2D eigenvalue weighted by molar-refractivity contribution is 5.97. The Morgan fingerprint density at radius 1 is 0.500 bits per heavy atom. The van der Waals surface area contributed by atoms with Gasteiger partial charge in [-0.15, -0.1) is 0 Å². The average molecular weight is 623 g/mol. The summed E-state index contributed by atoms with van der Waals surface area (Å²) in [7, 11) is 0. The number of hydrogen-bond donors (Lipinski definition) is 0. The van der Waals surface area contributed by atoms with Crippen molar-refractivity contribution in [2.24, 2.45) is 0 Å². The predicted molar refractivity (Wildman–Crippen MR) is 185 cm³/mol. The first-order valence-electron chi connectivity index (χ1n) is 15.7. The van der Waals surface area contributed by atoms with Crippen LogP contribution in [0.5, 0.6) is 0 Å². The lowest BCUT2D eigenvalue weighted by atomic mass is 9.75. The quantitative estimate of drug-likeness (QED) is 0.193. The monoisotopic (exact) mass is 622 g/mol. The van der Waals surface area contributed by atoms with E-state index in [0.29, 0.717) is 11.1 Å². The van der Waals surface area contributed by atoms with Crippen LogP contribution in [0.1, 0.15) is 54.1 Å². The molecule has 2 atom stereocenters. The number of rotatable bonds is 6. The molecule has 0 fully saturated rings. The van der Waals surface area contributed by atoms with Crippen molar-refractivity contribution in [1.29, 1.82) is 10.5 Å². The summed E-state index contributed by atoms with van der Waals surface area (Å²) in [5, 5.41) is 22.2. The Balaban J connectivity index is 1.36. The first-order valence-corrected chi connectivity index (χ1v) is 15.7. The predicted octanol–water partition coefficient (Wildman–Crippen LogP) is 7.86. The van der Waals surface area contributed by atoms with Gasteiger partial charge in [-0.2, -0.15) is 10.5 Å². The van der Waals surface area contributed by atoms with Gasteiger partial charge in [-0.25, -0.2) is 0 Å². The van der Waals surface area contributed by atoms with Gasteiger partial charge in [0.2, 0.25) is 0 Å². The summed E-state index contributed by atoms with van der Waals surface area (Å²) in [5.41, 5.74) is 2.90. The molecule has 0 radical (unpaired) electrons. The summed E-state index contributed by atoms with van der Waals surface area (Å²) >= 11 is 0. The van der Waals surface area contributed by atoms with E-state index in [2.05, 4.69) is 12.1 Å².